The third-order valence-corrected chi connectivity index (χ3v) is 7.55. The normalized spacial score (nSPS) is 23.3. The maximum absolute atomic E-state index is 12.7. The molecule has 2 aliphatic heterocycles. The van der Waals surface area contributed by atoms with Crippen molar-refractivity contribution in [3.63, 3.8) is 0 Å². The molecule has 0 N–H and O–H groups in total. The molecule has 3 heterocycles. The van der Waals surface area contributed by atoms with E-state index in [9.17, 15) is 4.79 Å². The Hall–Kier alpha value is -2.61. The molecule has 1 aromatic carbocycles. The zero-order chi connectivity index (χ0) is 22.1. The number of hydrogen-bond acceptors (Lipinski definition) is 7. The Bertz CT molecular complexity index is 932. The van der Waals surface area contributed by atoms with E-state index >= 15 is 0 Å². The largest absolute Gasteiger partial charge is 0.497 e. The maximum Gasteiger partial charge on any atom is 0.260 e. The Labute approximate surface area is 188 Å². The molecular weight excluding hydrogens is 408 g/mol. The van der Waals surface area contributed by atoms with Gasteiger partial charge < -0.3 is 18.9 Å². The van der Waals surface area contributed by atoms with Crippen molar-refractivity contribution in [3.05, 3.63) is 36.0 Å². The lowest BCUT2D eigenvalue weighted by Crippen LogP contribution is -2.45. The van der Waals surface area contributed by atoms with Crippen molar-refractivity contribution in [2.75, 3.05) is 40.4 Å². The van der Waals surface area contributed by atoms with Crippen LogP contribution in [0.3, 0.4) is 0 Å². The molecule has 1 unspecified atom stereocenters. The van der Waals surface area contributed by atoms with E-state index in [1.54, 1.807) is 7.11 Å². The van der Waals surface area contributed by atoms with E-state index in [0.717, 1.165) is 69.2 Å². The van der Waals surface area contributed by atoms with Gasteiger partial charge in [0.05, 0.1) is 13.2 Å². The van der Waals surface area contributed by atoms with Gasteiger partial charge in [0.25, 0.3) is 5.91 Å². The summed E-state index contributed by atoms with van der Waals surface area (Å²) in [7, 11) is 3.78. The molecule has 1 saturated carbocycles. The van der Waals surface area contributed by atoms with Gasteiger partial charge >= 0.3 is 0 Å². The molecule has 0 bridgehead atoms. The first-order valence-corrected chi connectivity index (χ1v) is 11.6. The number of rotatable bonds is 6. The molecule has 32 heavy (non-hydrogen) atoms. The van der Waals surface area contributed by atoms with Gasteiger partial charge in [0, 0.05) is 25.6 Å². The fraction of sp³-hybridized carbons (Fsp3) is 0.625. The molecule has 2 aromatic rings. The van der Waals surface area contributed by atoms with E-state index in [1.165, 1.54) is 6.42 Å². The molecule has 5 rings (SSSR count). The summed E-state index contributed by atoms with van der Waals surface area (Å²) in [5, 5.41) is 4.32. The van der Waals surface area contributed by atoms with E-state index < -0.39 is 0 Å². The second kappa shape index (κ2) is 8.73. The number of carbonyl (C=O) groups excluding carboxylic acids is 1. The summed E-state index contributed by atoms with van der Waals surface area (Å²) in [5.41, 5.74) is 0.213. The first-order chi connectivity index (χ1) is 15.5. The van der Waals surface area contributed by atoms with Gasteiger partial charge in [0.15, 0.2) is 12.4 Å². The monoisotopic (exact) mass is 440 g/mol. The lowest BCUT2D eigenvalue weighted by molar-refractivity contribution is -0.135. The van der Waals surface area contributed by atoms with Crippen LogP contribution in [-0.2, 0) is 4.79 Å². The number of carbonyl (C=O) groups is 1. The van der Waals surface area contributed by atoms with Crippen LogP contribution in [0.1, 0.15) is 62.2 Å². The summed E-state index contributed by atoms with van der Waals surface area (Å²) in [6, 6.07) is 7.50. The highest BCUT2D eigenvalue weighted by atomic mass is 16.5. The number of hydrogen-bond donors (Lipinski definition) is 0. The summed E-state index contributed by atoms with van der Waals surface area (Å²) in [6.45, 7) is 2.61. The number of ether oxygens (including phenoxy) is 2. The van der Waals surface area contributed by atoms with Crippen LogP contribution in [0.4, 0.5) is 0 Å². The molecule has 3 fully saturated rings. The average Bonchev–Trinajstić information content (AvgIpc) is 3.36. The highest BCUT2D eigenvalue weighted by molar-refractivity contribution is 5.77. The van der Waals surface area contributed by atoms with Crippen molar-refractivity contribution < 1.29 is 18.8 Å². The van der Waals surface area contributed by atoms with Crippen LogP contribution >= 0.6 is 0 Å². The minimum Gasteiger partial charge on any atom is -0.497 e. The number of amides is 1. The molecule has 8 nitrogen and oxygen atoms in total. The third-order valence-electron chi connectivity index (χ3n) is 7.55. The highest BCUT2D eigenvalue weighted by Crippen LogP contribution is 2.48. The molecule has 1 spiro atoms. The van der Waals surface area contributed by atoms with Crippen LogP contribution in [0.25, 0.3) is 0 Å². The van der Waals surface area contributed by atoms with Crippen LogP contribution in [0, 0.1) is 5.41 Å². The summed E-state index contributed by atoms with van der Waals surface area (Å²) in [4.78, 5) is 21.7. The summed E-state index contributed by atoms with van der Waals surface area (Å²) in [5.74, 6) is 3.60. The van der Waals surface area contributed by atoms with Gasteiger partial charge in [-0.2, -0.15) is 4.98 Å². The first kappa shape index (κ1) is 21.2. The second-order valence-electron chi connectivity index (χ2n) is 9.60. The minimum absolute atomic E-state index is 0.0434. The van der Waals surface area contributed by atoms with Gasteiger partial charge in [-0.05, 0) is 68.8 Å². The Morgan fingerprint density at radius 3 is 2.56 bits per heavy atom. The number of methoxy groups -OCH3 is 1. The van der Waals surface area contributed by atoms with Gasteiger partial charge in [-0.15, -0.1) is 0 Å². The van der Waals surface area contributed by atoms with Crippen LogP contribution in [0.5, 0.6) is 11.5 Å². The lowest BCUT2D eigenvalue weighted by atomic mass is 9.76. The van der Waals surface area contributed by atoms with Crippen molar-refractivity contribution in [1.82, 2.24) is 19.9 Å². The number of aromatic nitrogens is 2. The van der Waals surface area contributed by atoms with Crippen molar-refractivity contribution >= 4 is 5.91 Å². The van der Waals surface area contributed by atoms with E-state index in [4.69, 9.17) is 19.0 Å². The Morgan fingerprint density at radius 2 is 1.91 bits per heavy atom. The zero-order valence-electron chi connectivity index (χ0n) is 19.0. The van der Waals surface area contributed by atoms with Crippen molar-refractivity contribution in [2.45, 2.75) is 50.5 Å². The summed E-state index contributed by atoms with van der Waals surface area (Å²) < 4.78 is 16.4. The molecule has 1 aromatic heterocycles. The maximum atomic E-state index is 12.7. The predicted molar refractivity (Wildman–Crippen MR) is 118 cm³/mol. The number of piperidine rings is 1. The molecule has 8 heteroatoms. The summed E-state index contributed by atoms with van der Waals surface area (Å²) >= 11 is 0. The van der Waals surface area contributed by atoms with E-state index in [1.807, 2.05) is 29.2 Å². The Kier molecular flexibility index (Phi) is 5.80. The fourth-order valence-electron chi connectivity index (χ4n) is 5.26. The molecule has 0 radical (unpaired) electrons. The van der Waals surface area contributed by atoms with E-state index in [-0.39, 0.29) is 24.0 Å². The molecule has 1 aliphatic carbocycles. The van der Waals surface area contributed by atoms with E-state index in [0.29, 0.717) is 11.7 Å². The lowest BCUT2D eigenvalue weighted by Gasteiger charge is -2.39. The molecule has 1 amide bonds. The molecular formula is C24H32N4O4. The van der Waals surface area contributed by atoms with Crippen LogP contribution in [0.15, 0.2) is 28.8 Å². The zero-order valence-corrected chi connectivity index (χ0v) is 19.0. The molecule has 172 valence electrons. The van der Waals surface area contributed by atoms with Gasteiger partial charge in [-0.25, -0.2) is 0 Å². The molecule has 2 saturated heterocycles. The van der Waals surface area contributed by atoms with Gasteiger partial charge in [-0.3, -0.25) is 9.69 Å². The summed E-state index contributed by atoms with van der Waals surface area (Å²) in [6.07, 6.45) is 6.60. The molecule has 1 atom stereocenters. The smallest absolute Gasteiger partial charge is 0.260 e. The van der Waals surface area contributed by atoms with Crippen LogP contribution in [0.2, 0.25) is 0 Å². The van der Waals surface area contributed by atoms with Crippen LogP contribution in [-0.4, -0.2) is 66.2 Å². The fourth-order valence-corrected chi connectivity index (χ4v) is 5.26. The Balaban J connectivity index is 1.13. The molecule has 3 aliphatic rings. The second-order valence-corrected chi connectivity index (χ2v) is 9.60. The predicted octanol–water partition coefficient (Wildman–Crippen LogP) is 3.41. The Morgan fingerprint density at radius 1 is 1.19 bits per heavy atom. The standard InChI is InChI=1S/C24H32N4O4/c1-27-16-24(14-20(27)22-25-23(32-26-22)17-4-3-5-17)10-12-28(13-11-24)21(29)15-31-19-8-6-18(30-2)7-9-19/h6-9,17,20H,3-5,10-16H2,1-2H3. The van der Waals surface area contributed by atoms with Crippen LogP contribution < -0.4 is 9.47 Å². The topological polar surface area (TPSA) is 80.9 Å². The van der Waals surface area contributed by atoms with Crippen molar-refractivity contribution in [3.8, 4) is 11.5 Å². The van der Waals surface area contributed by atoms with Gasteiger partial charge in [-0.1, -0.05) is 11.6 Å². The van der Waals surface area contributed by atoms with Crippen molar-refractivity contribution in [1.29, 1.82) is 0 Å². The third kappa shape index (κ3) is 4.20. The first-order valence-electron chi connectivity index (χ1n) is 11.6. The van der Waals surface area contributed by atoms with Crippen molar-refractivity contribution in [2.24, 2.45) is 5.41 Å². The minimum atomic E-state index is 0.0434. The highest BCUT2D eigenvalue weighted by Gasteiger charge is 2.46. The number of likely N-dealkylation sites (tertiary alicyclic amines) is 2. The van der Waals surface area contributed by atoms with E-state index in [2.05, 4.69) is 17.1 Å². The average molecular weight is 441 g/mol. The number of benzene rings is 1. The quantitative estimate of drug-likeness (QED) is 0.681. The van der Waals surface area contributed by atoms with Gasteiger partial charge in [0.1, 0.15) is 11.5 Å². The number of nitrogens with zero attached hydrogens (tertiary/aromatic N) is 4. The SMILES string of the molecule is COc1ccc(OCC(=O)N2CCC3(CC2)CC(c2noc(C4CCC4)n2)N(C)C3)cc1. The van der Waals surface area contributed by atoms with Gasteiger partial charge in [0.2, 0.25) is 5.89 Å².